The van der Waals surface area contributed by atoms with Gasteiger partial charge in [-0.2, -0.15) is 23.4 Å². The van der Waals surface area contributed by atoms with Gasteiger partial charge in [0.05, 0.1) is 17.5 Å². The van der Waals surface area contributed by atoms with E-state index < -0.39 is 11.7 Å². The summed E-state index contributed by atoms with van der Waals surface area (Å²) in [6.45, 7) is 1.42. The number of carbonyl (C=O) groups is 1. The molecule has 0 aliphatic heterocycles. The minimum absolute atomic E-state index is 0.202. The molecule has 0 unspecified atom stereocenters. The van der Waals surface area contributed by atoms with E-state index in [2.05, 4.69) is 20.5 Å². The van der Waals surface area contributed by atoms with Crippen molar-refractivity contribution in [1.82, 2.24) is 15.2 Å². The van der Waals surface area contributed by atoms with E-state index in [0.29, 0.717) is 33.6 Å². The molecule has 0 saturated carbocycles. The number of benzene rings is 1. The maximum atomic E-state index is 12.8. The smallest absolute Gasteiger partial charge is 0.416 e. The molecular formula is C20H15F3N4O2S. The minimum Gasteiger partial charge on any atom is -0.454 e. The Morgan fingerprint density at radius 2 is 2.00 bits per heavy atom. The molecule has 1 N–H and O–H groups in total. The molecular weight excluding hydrogens is 417 g/mol. The molecule has 10 heteroatoms. The fraction of sp³-hybridized carbons (Fsp3) is 0.200. The molecule has 0 spiro atoms. The second-order valence-corrected chi connectivity index (χ2v) is 7.62. The summed E-state index contributed by atoms with van der Waals surface area (Å²) in [5.74, 6) is 0.718. The van der Waals surface area contributed by atoms with Gasteiger partial charge in [-0.3, -0.25) is 4.79 Å². The number of anilines is 1. The van der Waals surface area contributed by atoms with Gasteiger partial charge < -0.3 is 10.1 Å². The van der Waals surface area contributed by atoms with Crippen molar-refractivity contribution in [2.24, 2.45) is 0 Å². The van der Waals surface area contributed by atoms with E-state index in [4.69, 9.17) is 4.74 Å². The Morgan fingerprint density at radius 1 is 1.23 bits per heavy atom. The van der Waals surface area contributed by atoms with Crippen molar-refractivity contribution in [1.29, 1.82) is 0 Å². The van der Waals surface area contributed by atoms with Crippen molar-refractivity contribution < 1.29 is 22.7 Å². The lowest BCUT2D eigenvalue weighted by molar-refractivity contribution is -0.137. The fourth-order valence-corrected chi connectivity index (χ4v) is 3.97. The molecule has 0 atom stereocenters. The Balaban J connectivity index is 1.56. The van der Waals surface area contributed by atoms with E-state index >= 15 is 0 Å². The molecule has 0 fully saturated rings. The molecule has 154 valence electrons. The van der Waals surface area contributed by atoms with Crippen LogP contribution in [0.5, 0.6) is 5.75 Å². The van der Waals surface area contributed by atoms with E-state index in [-0.39, 0.29) is 5.91 Å². The Morgan fingerprint density at radius 3 is 2.70 bits per heavy atom. The normalized spacial score (nSPS) is 13.4. The number of alkyl halides is 3. The number of rotatable bonds is 4. The van der Waals surface area contributed by atoms with Crippen molar-refractivity contribution in [3.8, 4) is 17.0 Å². The van der Waals surface area contributed by atoms with Crippen molar-refractivity contribution in [2.45, 2.75) is 25.9 Å². The highest BCUT2D eigenvalue weighted by molar-refractivity contribution is 7.16. The zero-order valence-corrected chi connectivity index (χ0v) is 16.5. The third-order valence-corrected chi connectivity index (χ3v) is 5.31. The first-order valence-electron chi connectivity index (χ1n) is 8.95. The molecule has 1 aliphatic carbocycles. The topological polar surface area (TPSA) is 77.0 Å². The number of thiazole rings is 1. The lowest BCUT2D eigenvalue weighted by atomic mass is 10.1. The van der Waals surface area contributed by atoms with E-state index in [1.54, 1.807) is 6.07 Å². The molecule has 1 aromatic carbocycles. The van der Waals surface area contributed by atoms with Crippen molar-refractivity contribution in [3.63, 3.8) is 0 Å². The van der Waals surface area contributed by atoms with Crippen LogP contribution in [0.25, 0.3) is 17.0 Å². The van der Waals surface area contributed by atoms with E-state index in [1.807, 2.05) is 6.08 Å². The van der Waals surface area contributed by atoms with Gasteiger partial charge in [0, 0.05) is 23.4 Å². The Hall–Kier alpha value is -3.27. The number of ether oxygens (including phenoxy) is 1. The number of carbonyl (C=O) groups excluding carboxylic acids is 1. The number of aromatic nitrogens is 3. The molecule has 1 aliphatic rings. The zero-order chi connectivity index (χ0) is 21.3. The lowest BCUT2D eigenvalue weighted by Crippen LogP contribution is -2.06. The highest BCUT2D eigenvalue weighted by atomic mass is 32.1. The number of nitrogens with one attached hydrogen (secondary N) is 1. The predicted molar refractivity (Wildman–Crippen MR) is 106 cm³/mol. The van der Waals surface area contributed by atoms with Gasteiger partial charge in [0.15, 0.2) is 5.13 Å². The van der Waals surface area contributed by atoms with E-state index in [1.165, 1.54) is 36.6 Å². The van der Waals surface area contributed by atoms with Gasteiger partial charge >= 0.3 is 6.18 Å². The molecule has 4 rings (SSSR count). The maximum Gasteiger partial charge on any atom is 0.416 e. The molecule has 3 aromatic rings. The number of aryl methyl sites for hydroxylation is 1. The van der Waals surface area contributed by atoms with Gasteiger partial charge in [0.1, 0.15) is 17.2 Å². The lowest BCUT2D eigenvalue weighted by Gasteiger charge is -2.13. The largest absolute Gasteiger partial charge is 0.454 e. The number of allylic oxidation sites excluding steroid dienone is 1. The van der Waals surface area contributed by atoms with Crippen LogP contribution < -0.4 is 10.1 Å². The third kappa shape index (κ3) is 4.33. The first kappa shape index (κ1) is 20.0. The SMILES string of the molecule is CC(=O)Nc1nc2c(s1)CCC=C2Oc1cnnc(-c2ccc(C(F)(F)F)cc2)c1. The molecule has 0 bridgehead atoms. The van der Waals surface area contributed by atoms with Gasteiger partial charge in [0.25, 0.3) is 0 Å². The fourth-order valence-electron chi connectivity index (χ4n) is 2.94. The number of hydrogen-bond acceptors (Lipinski definition) is 6. The summed E-state index contributed by atoms with van der Waals surface area (Å²) in [4.78, 5) is 16.7. The maximum absolute atomic E-state index is 12.8. The summed E-state index contributed by atoms with van der Waals surface area (Å²) in [5, 5.41) is 11.1. The van der Waals surface area contributed by atoms with Crippen LogP contribution in [-0.2, 0) is 17.4 Å². The summed E-state index contributed by atoms with van der Waals surface area (Å²) >= 11 is 1.40. The van der Waals surface area contributed by atoms with Crippen LogP contribution >= 0.6 is 11.3 Å². The molecule has 2 heterocycles. The van der Waals surface area contributed by atoms with Crippen molar-refractivity contribution >= 4 is 28.1 Å². The van der Waals surface area contributed by atoms with Gasteiger partial charge in [-0.1, -0.05) is 12.1 Å². The van der Waals surface area contributed by atoms with Crippen LogP contribution in [0.3, 0.4) is 0 Å². The Kier molecular flexibility index (Phi) is 5.25. The Bertz CT molecular complexity index is 1120. The third-order valence-electron chi connectivity index (χ3n) is 4.28. The van der Waals surface area contributed by atoms with Crippen molar-refractivity contribution in [2.75, 3.05) is 5.32 Å². The molecule has 1 amide bonds. The second kappa shape index (κ2) is 7.86. The number of hydrogen-bond donors (Lipinski definition) is 1. The number of halogens is 3. The van der Waals surface area contributed by atoms with Crippen LogP contribution in [0.1, 0.15) is 29.5 Å². The molecule has 30 heavy (non-hydrogen) atoms. The number of amides is 1. The summed E-state index contributed by atoms with van der Waals surface area (Å²) in [6, 6.07) is 6.29. The Labute approximate surface area is 173 Å². The molecule has 0 saturated heterocycles. The monoisotopic (exact) mass is 432 g/mol. The van der Waals surface area contributed by atoms with Crippen LogP contribution in [0.2, 0.25) is 0 Å². The van der Waals surface area contributed by atoms with Crippen molar-refractivity contribution in [3.05, 3.63) is 58.7 Å². The summed E-state index contributed by atoms with van der Waals surface area (Å²) in [5.41, 5.74) is 0.795. The van der Waals surface area contributed by atoms with E-state index in [9.17, 15) is 18.0 Å². The quantitative estimate of drug-likeness (QED) is 0.632. The number of fused-ring (bicyclic) bond motifs is 1. The standard InChI is InChI=1S/C20H15F3N4O2S/c1-11(28)25-19-26-18-16(3-2-4-17(18)30-19)29-14-9-15(27-24-10-14)12-5-7-13(8-6-12)20(21,22)23/h3,5-10H,2,4H2,1H3,(H,25,26,28). The van der Waals surface area contributed by atoms with Gasteiger partial charge in [0.2, 0.25) is 5.91 Å². The minimum atomic E-state index is -4.40. The molecule has 2 aromatic heterocycles. The van der Waals surface area contributed by atoms with Crippen LogP contribution in [0.4, 0.5) is 18.3 Å². The average molecular weight is 432 g/mol. The van der Waals surface area contributed by atoms with Gasteiger partial charge in [-0.25, -0.2) is 4.98 Å². The van der Waals surface area contributed by atoms with Crippen LogP contribution in [0, 0.1) is 0 Å². The molecule has 6 nitrogen and oxygen atoms in total. The predicted octanol–water partition coefficient (Wildman–Crippen LogP) is 4.94. The van der Waals surface area contributed by atoms with Gasteiger partial charge in [-0.05, 0) is 31.1 Å². The first-order valence-corrected chi connectivity index (χ1v) is 9.77. The van der Waals surface area contributed by atoms with Gasteiger partial charge in [-0.15, -0.1) is 11.3 Å². The second-order valence-electron chi connectivity index (χ2n) is 6.53. The highest BCUT2D eigenvalue weighted by Crippen LogP contribution is 2.35. The van der Waals surface area contributed by atoms with Crippen LogP contribution in [0.15, 0.2) is 42.6 Å². The van der Waals surface area contributed by atoms with E-state index in [0.717, 1.165) is 29.9 Å². The first-order chi connectivity index (χ1) is 14.3. The average Bonchev–Trinajstić information content (AvgIpc) is 3.10. The molecule has 0 radical (unpaired) electrons. The summed E-state index contributed by atoms with van der Waals surface area (Å²) in [6.07, 6.45) is 0.477. The summed E-state index contributed by atoms with van der Waals surface area (Å²) in [7, 11) is 0. The highest BCUT2D eigenvalue weighted by Gasteiger charge is 2.30. The number of nitrogens with zero attached hydrogens (tertiary/aromatic N) is 3. The summed E-state index contributed by atoms with van der Waals surface area (Å²) < 4.78 is 44.2. The van der Waals surface area contributed by atoms with Crippen LogP contribution in [-0.4, -0.2) is 21.1 Å². The zero-order valence-electron chi connectivity index (χ0n) is 15.7.